The van der Waals surface area contributed by atoms with Gasteiger partial charge in [-0.3, -0.25) is 9.59 Å². The van der Waals surface area contributed by atoms with Gasteiger partial charge in [-0.05, 0) is 31.0 Å². The van der Waals surface area contributed by atoms with E-state index in [1.54, 1.807) is 0 Å². The first-order chi connectivity index (χ1) is 10.0. The zero-order valence-corrected chi connectivity index (χ0v) is 12.2. The summed E-state index contributed by atoms with van der Waals surface area (Å²) in [6, 6.07) is 12.0. The molecule has 0 N–H and O–H groups in total. The van der Waals surface area contributed by atoms with Gasteiger partial charge in [0.05, 0.1) is 0 Å². The highest BCUT2D eigenvalue weighted by Crippen LogP contribution is 2.52. The molecule has 0 saturated heterocycles. The lowest BCUT2D eigenvalue weighted by Gasteiger charge is -2.25. The van der Waals surface area contributed by atoms with Crippen molar-refractivity contribution >= 4 is 11.6 Å². The molecule has 0 saturated carbocycles. The van der Waals surface area contributed by atoms with E-state index in [1.807, 2.05) is 44.2 Å². The summed E-state index contributed by atoms with van der Waals surface area (Å²) in [6.45, 7) is 4.03. The highest BCUT2D eigenvalue weighted by molar-refractivity contribution is 6.09. The minimum atomic E-state index is -0.418. The second-order valence-electron chi connectivity index (χ2n) is 6.38. The predicted octanol–water partition coefficient (Wildman–Crippen LogP) is 3.76. The number of benzene rings is 2. The molecule has 2 aliphatic rings. The molecular formula is C19H16O2. The standard InChI is InChI=1S/C19H16O2/c1-11-4-6-15-14(7-11)18(21)10-19(15)9-17(20)13-5-3-12(2)8-16(13)19/h3-8H,9-10H2,1-2H3. The fourth-order valence-corrected chi connectivity index (χ4v) is 3.93. The quantitative estimate of drug-likeness (QED) is 0.734. The van der Waals surface area contributed by atoms with Gasteiger partial charge in [0.1, 0.15) is 0 Å². The number of aryl methyl sites for hydroxylation is 2. The number of carbonyl (C=O) groups excluding carboxylic acids is 2. The van der Waals surface area contributed by atoms with Crippen LogP contribution in [0.4, 0.5) is 0 Å². The van der Waals surface area contributed by atoms with Gasteiger partial charge in [-0.1, -0.05) is 41.5 Å². The Kier molecular flexibility index (Phi) is 2.33. The molecule has 0 bridgehead atoms. The second-order valence-corrected chi connectivity index (χ2v) is 6.38. The zero-order chi connectivity index (χ0) is 14.8. The Hall–Kier alpha value is -2.22. The summed E-state index contributed by atoms with van der Waals surface area (Å²) >= 11 is 0. The summed E-state index contributed by atoms with van der Waals surface area (Å²) in [5, 5.41) is 0. The van der Waals surface area contributed by atoms with Crippen molar-refractivity contribution in [2.45, 2.75) is 32.1 Å². The van der Waals surface area contributed by atoms with E-state index in [-0.39, 0.29) is 11.6 Å². The molecule has 0 amide bonds. The monoisotopic (exact) mass is 276 g/mol. The van der Waals surface area contributed by atoms with Gasteiger partial charge in [0.25, 0.3) is 0 Å². The Bertz CT molecular complexity index is 816. The molecule has 1 unspecified atom stereocenters. The zero-order valence-electron chi connectivity index (χ0n) is 12.2. The van der Waals surface area contributed by atoms with Gasteiger partial charge in [-0.15, -0.1) is 0 Å². The molecule has 0 heterocycles. The normalized spacial score (nSPS) is 22.8. The molecule has 0 radical (unpaired) electrons. The second kappa shape index (κ2) is 3.91. The summed E-state index contributed by atoms with van der Waals surface area (Å²) in [5.74, 6) is 0.321. The van der Waals surface area contributed by atoms with E-state index in [0.717, 1.165) is 33.4 Å². The summed E-state index contributed by atoms with van der Waals surface area (Å²) in [7, 11) is 0. The van der Waals surface area contributed by atoms with Gasteiger partial charge in [0.15, 0.2) is 11.6 Å². The SMILES string of the molecule is Cc1ccc2c(c1)C(=O)CC21CC(=O)c2ccc(C)cc21. The largest absolute Gasteiger partial charge is 0.294 e. The molecule has 2 aromatic carbocycles. The van der Waals surface area contributed by atoms with Crippen molar-refractivity contribution in [1.29, 1.82) is 0 Å². The van der Waals surface area contributed by atoms with Crippen molar-refractivity contribution in [1.82, 2.24) is 0 Å². The number of hydrogen-bond acceptors (Lipinski definition) is 2. The van der Waals surface area contributed by atoms with Gasteiger partial charge in [0, 0.05) is 29.4 Å². The molecule has 0 aliphatic heterocycles. The van der Waals surface area contributed by atoms with Crippen LogP contribution in [0.5, 0.6) is 0 Å². The molecule has 2 heteroatoms. The predicted molar refractivity (Wildman–Crippen MR) is 81.0 cm³/mol. The van der Waals surface area contributed by atoms with Crippen LogP contribution in [0.3, 0.4) is 0 Å². The number of carbonyl (C=O) groups is 2. The Morgan fingerprint density at radius 1 is 0.762 bits per heavy atom. The van der Waals surface area contributed by atoms with Gasteiger partial charge >= 0.3 is 0 Å². The van der Waals surface area contributed by atoms with Crippen LogP contribution >= 0.6 is 0 Å². The molecule has 1 atom stereocenters. The molecule has 1 spiro atoms. The number of ketones is 2. The fraction of sp³-hybridized carbons (Fsp3) is 0.263. The van der Waals surface area contributed by atoms with Crippen molar-refractivity contribution < 1.29 is 9.59 Å². The molecule has 2 nitrogen and oxygen atoms in total. The topological polar surface area (TPSA) is 34.1 Å². The molecule has 104 valence electrons. The average Bonchev–Trinajstić information content (AvgIpc) is 2.86. The number of rotatable bonds is 0. The first-order valence-electron chi connectivity index (χ1n) is 7.30. The Morgan fingerprint density at radius 3 is 2.14 bits per heavy atom. The molecule has 2 aliphatic carbocycles. The van der Waals surface area contributed by atoms with E-state index in [1.165, 1.54) is 0 Å². The van der Waals surface area contributed by atoms with Crippen LogP contribution in [0.1, 0.15) is 55.8 Å². The lowest BCUT2D eigenvalue weighted by Crippen LogP contribution is -2.22. The van der Waals surface area contributed by atoms with Gasteiger partial charge < -0.3 is 0 Å². The molecule has 0 aromatic heterocycles. The third-order valence-electron chi connectivity index (χ3n) is 4.91. The summed E-state index contributed by atoms with van der Waals surface area (Å²) in [6.07, 6.45) is 0.849. The van der Waals surface area contributed by atoms with Crippen LogP contribution in [0.25, 0.3) is 0 Å². The van der Waals surface area contributed by atoms with Gasteiger partial charge in [0.2, 0.25) is 0 Å². The van der Waals surface area contributed by atoms with E-state index >= 15 is 0 Å². The first-order valence-corrected chi connectivity index (χ1v) is 7.30. The van der Waals surface area contributed by atoms with Crippen molar-refractivity contribution in [3.8, 4) is 0 Å². The van der Waals surface area contributed by atoms with Crippen LogP contribution in [0.15, 0.2) is 36.4 Å². The molecule has 21 heavy (non-hydrogen) atoms. The molecule has 2 aromatic rings. The number of hydrogen-bond donors (Lipinski definition) is 0. The summed E-state index contributed by atoms with van der Waals surface area (Å²) < 4.78 is 0. The lowest BCUT2D eigenvalue weighted by atomic mass is 9.76. The maximum Gasteiger partial charge on any atom is 0.164 e. The Morgan fingerprint density at radius 2 is 1.38 bits per heavy atom. The van der Waals surface area contributed by atoms with Crippen molar-refractivity contribution in [2.24, 2.45) is 0 Å². The van der Waals surface area contributed by atoms with E-state index in [0.29, 0.717) is 12.8 Å². The van der Waals surface area contributed by atoms with E-state index < -0.39 is 5.41 Å². The fourth-order valence-electron chi connectivity index (χ4n) is 3.93. The maximum atomic E-state index is 12.5. The van der Waals surface area contributed by atoms with Gasteiger partial charge in [-0.2, -0.15) is 0 Å². The highest BCUT2D eigenvalue weighted by Gasteiger charge is 2.51. The van der Waals surface area contributed by atoms with Crippen molar-refractivity contribution in [3.63, 3.8) is 0 Å². The van der Waals surface area contributed by atoms with E-state index in [4.69, 9.17) is 0 Å². The summed E-state index contributed by atoms with van der Waals surface area (Å²) in [5.41, 5.74) is 5.49. The van der Waals surface area contributed by atoms with Crippen LogP contribution < -0.4 is 0 Å². The van der Waals surface area contributed by atoms with E-state index in [2.05, 4.69) is 6.07 Å². The van der Waals surface area contributed by atoms with E-state index in [9.17, 15) is 9.59 Å². The first kappa shape index (κ1) is 12.5. The van der Waals surface area contributed by atoms with Crippen LogP contribution in [-0.4, -0.2) is 11.6 Å². The van der Waals surface area contributed by atoms with Crippen LogP contribution in [-0.2, 0) is 5.41 Å². The average molecular weight is 276 g/mol. The third-order valence-corrected chi connectivity index (χ3v) is 4.91. The Balaban J connectivity index is 2.03. The molecular weight excluding hydrogens is 260 g/mol. The maximum absolute atomic E-state index is 12.5. The van der Waals surface area contributed by atoms with Crippen LogP contribution in [0, 0.1) is 13.8 Å². The molecule has 4 rings (SSSR count). The smallest absolute Gasteiger partial charge is 0.164 e. The van der Waals surface area contributed by atoms with Gasteiger partial charge in [-0.25, -0.2) is 0 Å². The highest BCUT2D eigenvalue weighted by atomic mass is 16.1. The number of fused-ring (bicyclic) bond motifs is 4. The lowest BCUT2D eigenvalue weighted by molar-refractivity contribution is 0.0957. The number of Topliss-reactive ketones (excluding diaryl/α,β-unsaturated/α-hetero) is 2. The minimum Gasteiger partial charge on any atom is -0.294 e. The third kappa shape index (κ3) is 1.53. The molecule has 0 fully saturated rings. The van der Waals surface area contributed by atoms with Crippen molar-refractivity contribution in [3.05, 3.63) is 69.8 Å². The Labute approximate surface area is 123 Å². The minimum absolute atomic E-state index is 0.159. The van der Waals surface area contributed by atoms with Crippen molar-refractivity contribution in [2.75, 3.05) is 0 Å². The summed E-state index contributed by atoms with van der Waals surface area (Å²) in [4.78, 5) is 24.9. The van der Waals surface area contributed by atoms with Crippen LogP contribution in [0.2, 0.25) is 0 Å².